The summed E-state index contributed by atoms with van der Waals surface area (Å²) in [5.41, 5.74) is 0.654. The van der Waals surface area contributed by atoms with Crippen LogP contribution in [-0.2, 0) is 10.0 Å². The Morgan fingerprint density at radius 2 is 2.00 bits per heavy atom. The number of nitrogens with zero attached hydrogens (tertiary/aromatic N) is 2. The average Bonchev–Trinajstić information content (AvgIpc) is 2.86. The molecule has 1 N–H and O–H groups in total. The number of carbonyl (C=O) groups excluding carboxylic acids is 1. The van der Waals surface area contributed by atoms with Crippen LogP contribution in [0.5, 0.6) is 5.75 Å². The SMILES string of the molecule is CCCNC(=O)N1CCCN(S(=O)(=O)c2ccc(OC)cc2C)CC1. The van der Waals surface area contributed by atoms with E-state index in [-0.39, 0.29) is 10.9 Å². The number of ether oxygens (including phenoxy) is 1. The highest BCUT2D eigenvalue weighted by atomic mass is 32.2. The van der Waals surface area contributed by atoms with Gasteiger partial charge in [-0.15, -0.1) is 0 Å². The molecule has 1 aromatic rings. The summed E-state index contributed by atoms with van der Waals surface area (Å²) in [5, 5.41) is 2.84. The minimum Gasteiger partial charge on any atom is -0.497 e. The van der Waals surface area contributed by atoms with E-state index < -0.39 is 10.0 Å². The van der Waals surface area contributed by atoms with Crippen molar-refractivity contribution < 1.29 is 17.9 Å². The van der Waals surface area contributed by atoms with Crippen molar-refractivity contribution in [1.29, 1.82) is 0 Å². The molecule has 0 aliphatic carbocycles. The van der Waals surface area contributed by atoms with Gasteiger partial charge in [0, 0.05) is 32.7 Å². The van der Waals surface area contributed by atoms with E-state index in [9.17, 15) is 13.2 Å². The number of hydrogen-bond acceptors (Lipinski definition) is 4. The van der Waals surface area contributed by atoms with E-state index >= 15 is 0 Å². The normalized spacial score (nSPS) is 16.4. The maximum Gasteiger partial charge on any atom is 0.317 e. The predicted octanol–water partition coefficient (Wildman–Crippen LogP) is 1.82. The molecular formula is C17H27N3O4S. The number of aryl methyl sites for hydroxylation is 1. The van der Waals surface area contributed by atoms with Crippen LogP contribution < -0.4 is 10.1 Å². The molecule has 1 aromatic carbocycles. The lowest BCUT2D eigenvalue weighted by Crippen LogP contribution is -2.42. The molecule has 0 atom stereocenters. The van der Waals surface area contributed by atoms with Gasteiger partial charge < -0.3 is 15.0 Å². The first-order chi connectivity index (χ1) is 11.9. The van der Waals surface area contributed by atoms with Crippen molar-refractivity contribution in [3.63, 3.8) is 0 Å². The van der Waals surface area contributed by atoms with Crippen LogP contribution >= 0.6 is 0 Å². The van der Waals surface area contributed by atoms with Gasteiger partial charge in [0.25, 0.3) is 0 Å². The minimum atomic E-state index is -3.59. The summed E-state index contributed by atoms with van der Waals surface area (Å²) < 4.78 is 32.6. The lowest BCUT2D eigenvalue weighted by Gasteiger charge is -2.23. The summed E-state index contributed by atoms with van der Waals surface area (Å²) in [4.78, 5) is 14.1. The molecule has 1 fully saturated rings. The summed E-state index contributed by atoms with van der Waals surface area (Å²) in [5.74, 6) is 0.631. The van der Waals surface area contributed by atoms with Crippen LogP contribution in [0.1, 0.15) is 25.3 Å². The molecule has 0 spiro atoms. The van der Waals surface area contributed by atoms with Crippen LogP contribution in [0.3, 0.4) is 0 Å². The number of urea groups is 1. The Balaban J connectivity index is 2.12. The first-order valence-corrected chi connectivity index (χ1v) is 10.0. The molecule has 2 rings (SSSR count). The second kappa shape index (κ2) is 8.53. The number of carbonyl (C=O) groups is 1. The number of amides is 2. The summed E-state index contributed by atoms with van der Waals surface area (Å²) in [6, 6.07) is 4.83. The number of sulfonamides is 1. The van der Waals surface area contributed by atoms with Gasteiger partial charge in [-0.2, -0.15) is 4.31 Å². The Kier molecular flexibility index (Phi) is 6.66. The Labute approximate surface area is 150 Å². The van der Waals surface area contributed by atoms with Crippen molar-refractivity contribution in [3.8, 4) is 5.75 Å². The van der Waals surface area contributed by atoms with Crippen LogP contribution in [-0.4, -0.2) is 63.5 Å². The largest absolute Gasteiger partial charge is 0.497 e. The summed E-state index contributed by atoms with van der Waals surface area (Å²) in [7, 11) is -2.04. The highest BCUT2D eigenvalue weighted by molar-refractivity contribution is 7.89. The molecule has 1 aliphatic heterocycles. The topological polar surface area (TPSA) is 79.0 Å². The standard InChI is InChI=1S/C17H27N3O4S/c1-4-8-18-17(21)19-9-5-10-20(12-11-19)25(22,23)16-7-6-15(24-3)13-14(16)2/h6-7,13H,4-5,8-12H2,1-3H3,(H,18,21). The molecule has 8 heteroatoms. The lowest BCUT2D eigenvalue weighted by molar-refractivity contribution is 0.200. The van der Waals surface area contributed by atoms with Crippen molar-refractivity contribution in [3.05, 3.63) is 23.8 Å². The van der Waals surface area contributed by atoms with Gasteiger partial charge in [-0.1, -0.05) is 6.92 Å². The summed E-state index contributed by atoms with van der Waals surface area (Å²) in [6.07, 6.45) is 1.49. The second-order valence-electron chi connectivity index (χ2n) is 6.11. The van der Waals surface area contributed by atoms with Gasteiger partial charge >= 0.3 is 6.03 Å². The predicted molar refractivity (Wildman–Crippen MR) is 96.4 cm³/mol. The fourth-order valence-electron chi connectivity index (χ4n) is 2.86. The number of rotatable bonds is 5. The number of methoxy groups -OCH3 is 1. The van der Waals surface area contributed by atoms with Gasteiger partial charge in [0.1, 0.15) is 5.75 Å². The van der Waals surface area contributed by atoms with Crippen LogP contribution in [0.4, 0.5) is 4.79 Å². The van der Waals surface area contributed by atoms with Crippen molar-refractivity contribution in [2.24, 2.45) is 0 Å². The fraction of sp³-hybridized carbons (Fsp3) is 0.588. The average molecular weight is 369 g/mol. The maximum absolute atomic E-state index is 13.0. The van der Waals surface area contributed by atoms with Crippen molar-refractivity contribution >= 4 is 16.1 Å². The van der Waals surface area contributed by atoms with Gasteiger partial charge in [0.2, 0.25) is 10.0 Å². The third-order valence-electron chi connectivity index (χ3n) is 4.27. The molecule has 140 valence electrons. The molecule has 0 aromatic heterocycles. The van der Waals surface area contributed by atoms with Crippen LogP contribution in [0.15, 0.2) is 23.1 Å². The molecular weight excluding hydrogens is 342 g/mol. The zero-order valence-electron chi connectivity index (χ0n) is 15.1. The van der Waals surface area contributed by atoms with Crippen molar-refractivity contribution in [2.45, 2.75) is 31.6 Å². The van der Waals surface area contributed by atoms with E-state index in [0.717, 1.165) is 6.42 Å². The Morgan fingerprint density at radius 3 is 2.64 bits per heavy atom. The Hall–Kier alpha value is -1.80. The first kappa shape index (κ1) is 19.5. The smallest absolute Gasteiger partial charge is 0.317 e. The molecule has 0 radical (unpaired) electrons. The summed E-state index contributed by atoms with van der Waals surface area (Å²) in [6.45, 7) is 6.04. The highest BCUT2D eigenvalue weighted by Gasteiger charge is 2.29. The third kappa shape index (κ3) is 4.64. The summed E-state index contributed by atoms with van der Waals surface area (Å²) >= 11 is 0. The molecule has 0 unspecified atom stereocenters. The van der Waals surface area contributed by atoms with Gasteiger partial charge in [-0.05, 0) is 43.5 Å². The Bertz CT molecular complexity index is 706. The quantitative estimate of drug-likeness (QED) is 0.859. The van der Waals surface area contributed by atoms with Crippen molar-refractivity contribution in [2.75, 3.05) is 39.8 Å². The first-order valence-electron chi connectivity index (χ1n) is 8.57. The Morgan fingerprint density at radius 1 is 1.24 bits per heavy atom. The lowest BCUT2D eigenvalue weighted by atomic mass is 10.2. The molecule has 1 saturated heterocycles. The molecule has 7 nitrogen and oxygen atoms in total. The van der Waals surface area contributed by atoms with E-state index in [4.69, 9.17) is 4.74 Å². The second-order valence-corrected chi connectivity index (χ2v) is 8.01. The van der Waals surface area contributed by atoms with E-state index in [1.54, 1.807) is 37.1 Å². The fourth-order valence-corrected chi connectivity index (χ4v) is 4.53. The molecule has 2 amide bonds. The number of hydrogen-bond donors (Lipinski definition) is 1. The molecule has 25 heavy (non-hydrogen) atoms. The molecule has 0 bridgehead atoms. The number of benzene rings is 1. The van der Waals surface area contributed by atoms with E-state index in [0.29, 0.717) is 50.5 Å². The third-order valence-corrected chi connectivity index (χ3v) is 6.33. The van der Waals surface area contributed by atoms with Crippen molar-refractivity contribution in [1.82, 2.24) is 14.5 Å². The number of nitrogens with one attached hydrogen (secondary N) is 1. The van der Waals surface area contributed by atoms with Crippen LogP contribution in [0, 0.1) is 6.92 Å². The van der Waals surface area contributed by atoms with E-state index in [2.05, 4.69) is 5.32 Å². The van der Waals surface area contributed by atoms with E-state index in [1.807, 2.05) is 6.92 Å². The van der Waals surface area contributed by atoms with Gasteiger partial charge in [-0.25, -0.2) is 13.2 Å². The van der Waals surface area contributed by atoms with Gasteiger partial charge in [0.15, 0.2) is 0 Å². The van der Waals surface area contributed by atoms with Crippen LogP contribution in [0.25, 0.3) is 0 Å². The van der Waals surface area contributed by atoms with Gasteiger partial charge in [0.05, 0.1) is 12.0 Å². The zero-order chi connectivity index (χ0) is 18.4. The zero-order valence-corrected chi connectivity index (χ0v) is 15.9. The van der Waals surface area contributed by atoms with Gasteiger partial charge in [-0.3, -0.25) is 0 Å². The minimum absolute atomic E-state index is 0.123. The monoisotopic (exact) mass is 369 g/mol. The van der Waals surface area contributed by atoms with Crippen LogP contribution in [0.2, 0.25) is 0 Å². The highest BCUT2D eigenvalue weighted by Crippen LogP contribution is 2.24. The van der Waals surface area contributed by atoms with E-state index in [1.165, 1.54) is 4.31 Å². The molecule has 0 saturated carbocycles. The maximum atomic E-state index is 13.0. The molecule has 1 aliphatic rings. The molecule has 1 heterocycles.